The van der Waals surface area contributed by atoms with Crippen LogP contribution in [0.3, 0.4) is 0 Å². The molecule has 22 heavy (non-hydrogen) atoms. The molecule has 1 N–H and O–H groups in total. The molecule has 0 bridgehead atoms. The summed E-state index contributed by atoms with van der Waals surface area (Å²) in [7, 11) is -1.77. The van der Waals surface area contributed by atoms with Crippen molar-refractivity contribution in [3.63, 3.8) is 0 Å². The van der Waals surface area contributed by atoms with Crippen LogP contribution >= 0.6 is 0 Å². The molecule has 9 heteroatoms. The monoisotopic (exact) mass is 328 g/mol. The molecule has 0 spiro atoms. The predicted molar refractivity (Wildman–Crippen MR) is 83.5 cm³/mol. The Morgan fingerprint density at radius 2 is 1.91 bits per heavy atom. The number of nitrogens with one attached hydrogen (secondary N) is 1. The molecule has 2 rings (SSSR count). The lowest BCUT2D eigenvalue weighted by atomic mass is 10.2. The molecule has 0 aromatic heterocycles. The van der Waals surface area contributed by atoms with E-state index < -0.39 is 14.9 Å². The predicted octanol–water partition coefficient (Wildman–Crippen LogP) is 0.963. The summed E-state index contributed by atoms with van der Waals surface area (Å²) in [5.74, 6) is 0. The van der Waals surface area contributed by atoms with Gasteiger partial charge in [0.15, 0.2) is 0 Å². The van der Waals surface area contributed by atoms with Gasteiger partial charge in [0, 0.05) is 38.8 Å². The smallest absolute Gasteiger partial charge is 0.293 e. The van der Waals surface area contributed by atoms with Crippen LogP contribution in [0.2, 0.25) is 0 Å². The van der Waals surface area contributed by atoms with Gasteiger partial charge in [0.25, 0.3) is 5.69 Å². The summed E-state index contributed by atoms with van der Waals surface area (Å²) >= 11 is 0. The van der Waals surface area contributed by atoms with Crippen molar-refractivity contribution in [1.82, 2.24) is 9.21 Å². The van der Waals surface area contributed by atoms with E-state index in [1.54, 1.807) is 0 Å². The highest BCUT2D eigenvalue weighted by Gasteiger charge is 2.29. The minimum atomic E-state index is -3.70. The first-order valence-corrected chi connectivity index (χ1v) is 8.51. The second kappa shape index (κ2) is 6.59. The lowest BCUT2D eigenvalue weighted by Crippen LogP contribution is -2.47. The summed E-state index contributed by atoms with van der Waals surface area (Å²) in [5, 5.41) is 14.0. The average molecular weight is 328 g/mol. The molecule has 0 amide bonds. The number of nitro groups is 1. The molecule has 1 fully saturated rings. The molecule has 1 aliphatic heterocycles. The zero-order chi connectivity index (χ0) is 16.3. The summed E-state index contributed by atoms with van der Waals surface area (Å²) in [4.78, 5) is 12.6. The number of piperazine rings is 1. The van der Waals surface area contributed by atoms with E-state index in [9.17, 15) is 18.5 Å². The molecule has 1 heterocycles. The van der Waals surface area contributed by atoms with Crippen molar-refractivity contribution < 1.29 is 13.3 Å². The minimum Gasteiger partial charge on any atom is -0.380 e. The Labute approximate surface area is 129 Å². The third kappa shape index (κ3) is 3.37. The summed E-state index contributed by atoms with van der Waals surface area (Å²) in [6.45, 7) is 4.42. The number of hydrogen-bond acceptors (Lipinski definition) is 6. The van der Waals surface area contributed by atoms with Crippen molar-refractivity contribution in [1.29, 1.82) is 0 Å². The second-order valence-electron chi connectivity index (χ2n) is 5.17. The van der Waals surface area contributed by atoms with Crippen molar-refractivity contribution in [2.24, 2.45) is 0 Å². The summed E-state index contributed by atoms with van der Waals surface area (Å²) in [5.41, 5.74) is 0.0990. The highest BCUT2D eigenvalue weighted by atomic mass is 32.2. The number of nitro benzene ring substituents is 1. The summed E-state index contributed by atoms with van der Waals surface area (Å²) < 4.78 is 26.6. The van der Waals surface area contributed by atoms with E-state index in [1.165, 1.54) is 16.4 Å². The molecular formula is C13H20N4O4S. The van der Waals surface area contributed by atoms with Gasteiger partial charge >= 0.3 is 0 Å². The van der Waals surface area contributed by atoms with E-state index >= 15 is 0 Å². The topological polar surface area (TPSA) is 95.8 Å². The first kappa shape index (κ1) is 16.7. The van der Waals surface area contributed by atoms with Crippen LogP contribution in [0.1, 0.15) is 6.92 Å². The van der Waals surface area contributed by atoms with Gasteiger partial charge < -0.3 is 10.2 Å². The molecule has 1 aromatic carbocycles. The van der Waals surface area contributed by atoms with Gasteiger partial charge in [0.2, 0.25) is 10.0 Å². The first-order valence-electron chi connectivity index (χ1n) is 7.07. The fraction of sp³-hybridized carbons (Fsp3) is 0.538. The zero-order valence-corrected chi connectivity index (χ0v) is 13.5. The van der Waals surface area contributed by atoms with Crippen molar-refractivity contribution in [3.8, 4) is 0 Å². The lowest BCUT2D eigenvalue weighted by Gasteiger charge is -2.31. The minimum absolute atomic E-state index is 0.0367. The maximum Gasteiger partial charge on any atom is 0.293 e. The Morgan fingerprint density at radius 1 is 1.27 bits per heavy atom. The van der Waals surface area contributed by atoms with Crippen LogP contribution in [0.25, 0.3) is 0 Å². The largest absolute Gasteiger partial charge is 0.380 e. The van der Waals surface area contributed by atoms with Crippen LogP contribution < -0.4 is 5.32 Å². The first-order chi connectivity index (χ1) is 10.4. The molecule has 0 aliphatic carbocycles. The maximum absolute atomic E-state index is 12.6. The average Bonchev–Trinajstić information content (AvgIpc) is 2.48. The molecule has 0 unspecified atom stereocenters. The third-order valence-corrected chi connectivity index (χ3v) is 5.53. The maximum atomic E-state index is 12.6. The third-order valence-electron chi connectivity index (χ3n) is 3.63. The van der Waals surface area contributed by atoms with Crippen molar-refractivity contribution in [2.45, 2.75) is 11.8 Å². The molecule has 0 saturated carbocycles. The zero-order valence-electron chi connectivity index (χ0n) is 12.7. The van der Waals surface area contributed by atoms with Gasteiger partial charge in [-0.15, -0.1) is 0 Å². The molecule has 122 valence electrons. The van der Waals surface area contributed by atoms with E-state index in [0.717, 1.165) is 6.07 Å². The highest BCUT2D eigenvalue weighted by Crippen LogP contribution is 2.29. The fourth-order valence-electron chi connectivity index (χ4n) is 2.34. The second-order valence-corrected chi connectivity index (χ2v) is 7.11. The van der Waals surface area contributed by atoms with Crippen LogP contribution in [0.5, 0.6) is 0 Å². The normalized spacial score (nSPS) is 17.4. The standard InChI is InChI=1S/C13H20N4O4S/c1-3-14-12-5-4-11(10-13(12)17(18)19)22(20,21)16-8-6-15(2)7-9-16/h4-5,10,14H,3,6-9H2,1-2H3. The Kier molecular flexibility index (Phi) is 4.99. The number of benzene rings is 1. The molecule has 1 aromatic rings. The van der Waals surface area contributed by atoms with Gasteiger partial charge in [-0.05, 0) is 26.1 Å². The van der Waals surface area contributed by atoms with Crippen LogP contribution in [-0.4, -0.2) is 62.3 Å². The molecule has 0 atom stereocenters. The fourth-order valence-corrected chi connectivity index (χ4v) is 3.78. The molecule has 8 nitrogen and oxygen atoms in total. The van der Waals surface area contributed by atoms with Gasteiger partial charge in [-0.2, -0.15) is 4.31 Å². The molecule has 1 aliphatic rings. The lowest BCUT2D eigenvalue weighted by molar-refractivity contribution is -0.384. The Bertz CT molecular complexity index is 654. The summed E-state index contributed by atoms with van der Waals surface area (Å²) in [6.07, 6.45) is 0. The molecule has 1 saturated heterocycles. The van der Waals surface area contributed by atoms with E-state index in [4.69, 9.17) is 0 Å². The molecular weight excluding hydrogens is 308 g/mol. The van der Waals surface area contributed by atoms with Crippen molar-refractivity contribution in [3.05, 3.63) is 28.3 Å². The van der Waals surface area contributed by atoms with Crippen molar-refractivity contribution in [2.75, 3.05) is 45.1 Å². The number of likely N-dealkylation sites (N-methyl/N-ethyl adjacent to an activating group) is 1. The van der Waals surface area contributed by atoms with E-state index in [2.05, 4.69) is 5.32 Å². The number of sulfonamides is 1. The van der Waals surface area contributed by atoms with Crippen LogP contribution in [0, 0.1) is 10.1 Å². The highest BCUT2D eigenvalue weighted by molar-refractivity contribution is 7.89. The number of hydrogen-bond donors (Lipinski definition) is 1. The van der Waals surface area contributed by atoms with E-state index in [-0.39, 0.29) is 10.6 Å². The molecule has 0 radical (unpaired) electrons. The van der Waals surface area contributed by atoms with Gasteiger partial charge in [-0.3, -0.25) is 10.1 Å². The van der Waals surface area contributed by atoms with Gasteiger partial charge in [0.05, 0.1) is 9.82 Å². The van der Waals surface area contributed by atoms with Crippen LogP contribution in [0.4, 0.5) is 11.4 Å². The van der Waals surface area contributed by atoms with E-state index in [1.807, 2.05) is 18.9 Å². The number of nitrogens with zero attached hydrogens (tertiary/aromatic N) is 3. The SMILES string of the molecule is CCNc1ccc(S(=O)(=O)N2CCN(C)CC2)cc1[N+](=O)[O-]. The quantitative estimate of drug-likeness (QED) is 0.639. The van der Waals surface area contributed by atoms with E-state index in [0.29, 0.717) is 38.4 Å². The number of anilines is 1. The van der Waals surface area contributed by atoms with Gasteiger partial charge in [-0.25, -0.2) is 8.42 Å². The van der Waals surface area contributed by atoms with Crippen molar-refractivity contribution >= 4 is 21.4 Å². The van der Waals surface area contributed by atoms with Crippen LogP contribution in [0.15, 0.2) is 23.1 Å². The summed E-state index contributed by atoms with van der Waals surface area (Å²) in [6, 6.07) is 3.99. The Balaban J connectivity index is 2.35. The van der Waals surface area contributed by atoms with Crippen LogP contribution in [-0.2, 0) is 10.0 Å². The van der Waals surface area contributed by atoms with Gasteiger partial charge in [0.1, 0.15) is 5.69 Å². The number of rotatable bonds is 5. The Hall–Kier alpha value is -1.71. The van der Waals surface area contributed by atoms with Gasteiger partial charge in [-0.1, -0.05) is 0 Å². The Morgan fingerprint density at radius 3 is 2.45 bits per heavy atom.